The Morgan fingerprint density at radius 1 is 0.441 bits per heavy atom. The van der Waals surface area contributed by atoms with Crippen LogP contribution in [0.4, 0.5) is 5.69 Å². The smallest absolute Gasteiger partial charge is 0.307 e. The number of nitrogens with zero attached hydrogens (tertiary/aromatic N) is 1. The largest absolute Gasteiger partial charge is 0.469 e. The second-order valence-corrected chi connectivity index (χ2v) is 14.5. The van der Waals surface area contributed by atoms with Gasteiger partial charge < -0.3 is 76.5 Å². The van der Waals surface area contributed by atoms with E-state index >= 15 is 0 Å². The summed E-state index contributed by atoms with van der Waals surface area (Å²) in [5.41, 5.74) is 3.45. The summed E-state index contributed by atoms with van der Waals surface area (Å²) in [7, 11) is 1.35. The summed E-state index contributed by atoms with van der Waals surface area (Å²) in [5.74, 6) is 5.86. The molecule has 19 nitrogen and oxygen atoms in total. The summed E-state index contributed by atoms with van der Waals surface area (Å²) < 4.78 is 75.7. The van der Waals surface area contributed by atoms with E-state index in [1.54, 1.807) is 4.90 Å². The molecule has 0 spiro atoms. The number of methoxy groups -OCH3 is 1. The molecule has 0 bridgehead atoms. The van der Waals surface area contributed by atoms with E-state index < -0.39 is 0 Å². The summed E-state index contributed by atoms with van der Waals surface area (Å²) in [4.78, 5) is 38.3. The number of benzene rings is 2. The van der Waals surface area contributed by atoms with Gasteiger partial charge in [0.25, 0.3) is 0 Å². The first-order valence-electron chi connectivity index (χ1n) is 23.4. The first-order chi connectivity index (χ1) is 33.6. The predicted molar refractivity (Wildman–Crippen MR) is 250 cm³/mol. The van der Waals surface area contributed by atoms with Crippen LogP contribution in [0.15, 0.2) is 48.5 Å². The van der Waals surface area contributed by atoms with E-state index in [4.69, 9.17) is 61.6 Å². The monoisotopic (exact) mass is 962 g/mol. The van der Waals surface area contributed by atoms with Crippen LogP contribution in [-0.4, -0.2) is 203 Å². The third-order valence-electron chi connectivity index (χ3n) is 9.45. The van der Waals surface area contributed by atoms with Gasteiger partial charge >= 0.3 is 5.97 Å². The van der Waals surface area contributed by atoms with Crippen LogP contribution < -0.4 is 10.2 Å². The average molecular weight is 963 g/mol. The molecule has 0 aliphatic carbocycles. The maximum atomic E-state index is 13.3. The molecule has 2 aromatic rings. The number of rotatable bonds is 45. The zero-order chi connectivity index (χ0) is 48.2. The minimum Gasteiger partial charge on any atom is -0.469 e. The fourth-order valence-electron chi connectivity index (χ4n) is 5.90. The van der Waals surface area contributed by atoms with Crippen molar-refractivity contribution in [3.63, 3.8) is 0 Å². The highest BCUT2D eigenvalue weighted by Crippen LogP contribution is 2.25. The van der Waals surface area contributed by atoms with E-state index in [1.807, 2.05) is 48.5 Å². The van der Waals surface area contributed by atoms with Crippen molar-refractivity contribution in [3.05, 3.63) is 65.2 Å². The van der Waals surface area contributed by atoms with Crippen LogP contribution in [-0.2, 0) is 87.2 Å². The molecule has 0 unspecified atom stereocenters. The average Bonchev–Trinajstić information content (AvgIpc) is 3.35. The van der Waals surface area contributed by atoms with Crippen LogP contribution >= 0.6 is 0 Å². The number of carbonyl (C=O) groups is 3. The fraction of sp³-hybridized carbons (Fsp3) is 0.653. The molecule has 0 fully saturated rings. The minimum absolute atomic E-state index is 0.0863. The Balaban J connectivity index is 0.946. The second-order valence-electron chi connectivity index (χ2n) is 14.5. The summed E-state index contributed by atoms with van der Waals surface area (Å²) >= 11 is 0. The Kier molecular flexibility index (Phi) is 35.8. The molecule has 1 heterocycles. The highest BCUT2D eigenvalue weighted by atomic mass is 16.6. The lowest BCUT2D eigenvalue weighted by molar-refractivity contribution is -0.142. The van der Waals surface area contributed by atoms with Crippen LogP contribution in [0, 0.1) is 11.8 Å². The normalized spacial score (nSPS) is 11.9. The van der Waals surface area contributed by atoms with Crippen molar-refractivity contribution in [1.29, 1.82) is 0 Å². The number of hydrogen-bond donors (Lipinski definition) is 1. The fourth-order valence-corrected chi connectivity index (χ4v) is 5.90. The first-order valence-corrected chi connectivity index (χ1v) is 23.4. The van der Waals surface area contributed by atoms with Crippen LogP contribution in [0.2, 0.25) is 0 Å². The van der Waals surface area contributed by atoms with E-state index in [9.17, 15) is 14.4 Å². The molecule has 2 amide bonds. The summed E-state index contributed by atoms with van der Waals surface area (Å²) in [5, 5.41) is 2.82. The van der Waals surface area contributed by atoms with Gasteiger partial charge in [0.15, 0.2) is 0 Å². The molecule has 0 radical (unpaired) electrons. The third kappa shape index (κ3) is 30.4. The molecule has 0 atom stereocenters. The van der Waals surface area contributed by atoms with E-state index in [0.29, 0.717) is 172 Å². The first kappa shape index (κ1) is 58.2. The SMILES string of the molecule is COC(=O)CCOCCOCCOCCOCCOCCOCCOCCOCCOCCOCCOCCOCCOCCC(=O)NCCC(=O)N1Cc2ccccc2C#Cc2ccccc21. The molecule has 1 aliphatic heterocycles. The quantitative estimate of drug-likeness (QED) is 0.0578. The number of nitrogens with one attached hydrogen (secondary N) is 1. The van der Waals surface area contributed by atoms with Crippen LogP contribution in [0.3, 0.4) is 0 Å². The number of ether oxygens (including phenoxy) is 14. The van der Waals surface area contributed by atoms with Gasteiger partial charge in [0.05, 0.1) is 198 Å². The molecular weight excluding hydrogens is 889 g/mol. The number of para-hydroxylation sites is 1. The number of carbonyl (C=O) groups excluding carboxylic acids is 3. The predicted octanol–water partition coefficient (Wildman–Crippen LogP) is 2.61. The zero-order valence-corrected chi connectivity index (χ0v) is 39.9. The van der Waals surface area contributed by atoms with Crippen molar-refractivity contribution < 1.29 is 80.7 Å². The molecule has 0 saturated carbocycles. The Morgan fingerprint density at radius 2 is 0.779 bits per heavy atom. The zero-order valence-electron chi connectivity index (χ0n) is 39.9. The van der Waals surface area contributed by atoms with Gasteiger partial charge in [-0.25, -0.2) is 0 Å². The van der Waals surface area contributed by atoms with Crippen LogP contribution in [0.5, 0.6) is 0 Å². The van der Waals surface area contributed by atoms with Gasteiger partial charge in [-0.15, -0.1) is 0 Å². The summed E-state index contributed by atoms with van der Waals surface area (Å²) in [6.07, 6.45) is 0.594. The van der Waals surface area contributed by atoms with Crippen molar-refractivity contribution >= 4 is 23.5 Å². The van der Waals surface area contributed by atoms with Gasteiger partial charge in [-0.05, 0) is 23.8 Å². The molecular formula is C49H74N2O17. The number of hydrogen-bond acceptors (Lipinski definition) is 17. The molecule has 2 aromatic carbocycles. The lowest BCUT2D eigenvalue weighted by atomic mass is 10.0. The number of fused-ring (bicyclic) bond motifs is 2. The Labute approximate surface area is 401 Å². The van der Waals surface area contributed by atoms with Gasteiger partial charge in [0.1, 0.15) is 0 Å². The van der Waals surface area contributed by atoms with E-state index in [-0.39, 0.29) is 50.2 Å². The highest BCUT2D eigenvalue weighted by Gasteiger charge is 2.21. The maximum absolute atomic E-state index is 13.3. The Hall–Kier alpha value is -4.11. The molecule has 0 saturated heterocycles. The van der Waals surface area contributed by atoms with Gasteiger partial charge in [0.2, 0.25) is 11.8 Å². The van der Waals surface area contributed by atoms with Crippen LogP contribution in [0.25, 0.3) is 0 Å². The van der Waals surface area contributed by atoms with Crippen molar-refractivity contribution in [2.45, 2.75) is 25.8 Å². The van der Waals surface area contributed by atoms with E-state index in [1.165, 1.54) is 7.11 Å². The summed E-state index contributed by atoms with van der Waals surface area (Å²) in [6, 6.07) is 15.4. The second kappa shape index (κ2) is 41.8. The van der Waals surface area contributed by atoms with Crippen LogP contribution in [0.1, 0.15) is 36.0 Å². The van der Waals surface area contributed by atoms with Crippen molar-refractivity contribution in [2.75, 3.05) is 190 Å². The van der Waals surface area contributed by atoms with Gasteiger partial charge in [-0.2, -0.15) is 0 Å². The molecule has 3 rings (SSSR count). The third-order valence-corrected chi connectivity index (χ3v) is 9.45. The molecule has 68 heavy (non-hydrogen) atoms. The number of amides is 2. The van der Waals surface area contributed by atoms with Crippen molar-refractivity contribution in [3.8, 4) is 11.8 Å². The standard InChI is InChI=1S/C49H74N2O17/c1-55-49(54)14-17-57-19-21-59-23-25-61-27-29-63-31-33-65-35-37-67-39-41-68-40-38-66-36-34-64-32-30-62-28-26-60-24-22-58-20-18-56-16-13-47(52)50-15-12-48(53)51-42-45-8-3-2-6-43(45)10-11-44-7-4-5-9-46(44)51/h2-9H,12-42H2,1H3,(H,50,52). The molecule has 382 valence electrons. The van der Waals surface area contributed by atoms with Gasteiger partial charge in [-0.1, -0.05) is 42.2 Å². The minimum atomic E-state index is -0.293. The van der Waals surface area contributed by atoms with Gasteiger partial charge in [0, 0.05) is 30.5 Å². The Bertz CT molecular complexity index is 1660. The number of anilines is 1. The summed E-state index contributed by atoms with van der Waals surface area (Å²) in [6.45, 7) is 12.1. The topological polar surface area (TPSA) is 196 Å². The van der Waals surface area contributed by atoms with Crippen molar-refractivity contribution in [2.24, 2.45) is 0 Å². The van der Waals surface area contributed by atoms with E-state index in [0.717, 1.165) is 22.4 Å². The lowest BCUT2D eigenvalue weighted by Crippen LogP contribution is -2.35. The van der Waals surface area contributed by atoms with Gasteiger partial charge in [-0.3, -0.25) is 14.4 Å². The molecule has 1 aliphatic rings. The molecule has 0 aromatic heterocycles. The van der Waals surface area contributed by atoms with Crippen molar-refractivity contribution in [1.82, 2.24) is 5.32 Å². The maximum Gasteiger partial charge on any atom is 0.307 e. The molecule has 19 heteroatoms. The van der Waals surface area contributed by atoms with E-state index in [2.05, 4.69) is 21.9 Å². The molecule has 1 N–H and O–H groups in total. The lowest BCUT2D eigenvalue weighted by Gasteiger charge is -2.26. The number of esters is 1. The Morgan fingerprint density at radius 3 is 1.19 bits per heavy atom. The highest BCUT2D eigenvalue weighted by molar-refractivity contribution is 5.95.